The van der Waals surface area contributed by atoms with Crippen LogP contribution in [-0.2, 0) is 0 Å². The van der Waals surface area contributed by atoms with Crippen LogP contribution in [0.3, 0.4) is 0 Å². The fourth-order valence-electron chi connectivity index (χ4n) is 1.29. The van der Waals surface area contributed by atoms with Gasteiger partial charge in [-0.3, -0.25) is 0 Å². The Balaban J connectivity index is 2.25. The molecule has 4 nitrogen and oxygen atoms in total. The minimum Gasteiger partial charge on any atom is -0.349 e. The Morgan fingerprint density at radius 2 is 2.06 bits per heavy atom. The van der Waals surface area contributed by atoms with Gasteiger partial charge in [0.2, 0.25) is 5.95 Å². The van der Waals surface area contributed by atoms with Crippen molar-refractivity contribution in [1.29, 1.82) is 0 Å². The van der Waals surface area contributed by atoms with E-state index < -0.39 is 0 Å². The first-order valence-electron chi connectivity index (χ1n) is 5.00. The lowest BCUT2D eigenvalue weighted by atomic mass is 10.2. The van der Waals surface area contributed by atoms with Crippen LogP contribution in [0.1, 0.15) is 0 Å². The molecule has 4 heteroatoms. The second kappa shape index (κ2) is 5.02. The van der Waals surface area contributed by atoms with Crippen LogP contribution in [0.2, 0.25) is 0 Å². The zero-order valence-corrected chi connectivity index (χ0v) is 8.80. The maximum Gasteiger partial charge on any atom is 0.243 e. The van der Waals surface area contributed by atoms with Crippen LogP contribution in [-0.4, -0.2) is 21.7 Å². The molecule has 2 rings (SSSR count). The molecule has 0 amide bonds. The number of nitrogens with zero attached hydrogens (tertiary/aromatic N) is 3. The minimum absolute atomic E-state index is 0.515. The first kappa shape index (κ1) is 10.3. The summed E-state index contributed by atoms with van der Waals surface area (Å²) >= 11 is 0. The van der Waals surface area contributed by atoms with Gasteiger partial charge in [-0.2, -0.15) is 5.10 Å². The summed E-state index contributed by atoms with van der Waals surface area (Å²) in [5.74, 6) is 0.515. The summed E-state index contributed by atoms with van der Waals surface area (Å²) in [5, 5.41) is 10.8. The summed E-state index contributed by atoms with van der Waals surface area (Å²) in [5.41, 5.74) is 1.83. The van der Waals surface area contributed by atoms with Gasteiger partial charge in [0.05, 0.1) is 11.9 Å². The lowest BCUT2D eigenvalue weighted by Crippen LogP contribution is -2.04. The normalized spacial score (nSPS) is 9.75. The van der Waals surface area contributed by atoms with E-state index in [0.29, 0.717) is 12.5 Å². The molecule has 0 fully saturated rings. The molecule has 0 unspecified atom stereocenters. The maximum atomic E-state index is 4.35. The molecule has 1 aromatic heterocycles. The maximum absolute atomic E-state index is 4.35. The Bertz CT molecular complexity index is 467. The van der Waals surface area contributed by atoms with Crippen LogP contribution in [0.15, 0.2) is 49.2 Å². The van der Waals surface area contributed by atoms with Crippen LogP contribution in [0.4, 0.5) is 5.95 Å². The fourth-order valence-corrected chi connectivity index (χ4v) is 1.29. The average Bonchev–Trinajstić information content (AvgIpc) is 2.38. The molecule has 1 N–H and O–H groups in total. The summed E-state index contributed by atoms with van der Waals surface area (Å²) in [6.45, 7) is 4.24. The largest absolute Gasteiger partial charge is 0.349 e. The molecule has 0 aliphatic carbocycles. The van der Waals surface area contributed by atoms with Crippen LogP contribution >= 0.6 is 0 Å². The van der Waals surface area contributed by atoms with E-state index in [0.717, 1.165) is 11.3 Å². The predicted molar refractivity (Wildman–Crippen MR) is 63.9 cm³/mol. The second-order valence-electron chi connectivity index (χ2n) is 3.20. The Morgan fingerprint density at radius 3 is 2.81 bits per heavy atom. The Morgan fingerprint density at radius 1 is 1.25 bits per heavy atom. The van der Waals surface area contributed by atoms with Gasteiger partial charge in [-0.25, -0.2) is 4.98 Å². The van der Waals surface area contributed by atoms with Crippen molar-refractivity contribution >= 4 is 5.95 Å². The monoisotopic (exact) mass is 212 g/mol. The van der Waals surface area contributed by atoms with Gasteiger partial charge in [-0.15, -0.1) is 11.7 Å². The van der Waals surface area contributed by atoms with Crippen molar-refractivity contribution in [3.63, 3.8) is 0 Å². The van der Waals surface area contributed by atoms with Crippen molar-refractivity contribution in [2.24, 2.45) is 0 Å². The van der Waals surface area contributed by atoms with Crippen LogP contribution in [0.5, 0.6) is 0 Å². The number of rotatable bonds is 4. The smallest absolute Gasteiger partial charge is 0.243 e. The quantitative estimate of drug-likeness (QED) is 0.789. The summed E-state index contributed by atoms with van der Waals surface area (Å²) in [4.78, 5) is 4.35. The number of benzene rings is 1. The van der Waals surface area contributed by atoms with E-state index in [2.05, 4.69) is 27.1 Å². The summed E-state index contributed by atoms with van der Waals surface area (Å²) in [6.07, 6.45) is 3.40. The van der Waals surface area contributed by atoms with Gasteiger partial charge in [0.1, 0.15) is 0 Å². The molecule has 1 heterocycles. The lowest BCUT2D eigenvalue weighted by Gasteiger charge is -2.03. The van der Waals surface area contributed by atoms with Gasteiger partial charge in [0.15, 0.2) is 0 Å². The molecule has 80 valence electrons. The van der Waals surface area contributed by atoms with Crippen molar-refractivity contribution in [2.45, 2.75) is 0 Å². The van der Waals surface area contributed by atoms with Crippen molar-refractivity contribution in [3.05, 3.63) is 49.2 Å². The lowest BCUT2D eigenvalue weighted by molar-refractivity contribution is 0.968. The highest BCUT2D eigenvalue weighted by molar-refractivity contribution is 5.58. The summed E-state index contributed by atoms with van der Waals surface area (Å²) in [7, 11) is 0. The molecule has 0 spiro atoms. The zero-order chi connectivity index (χ0) is 11.2. The Kier molecular flexibility index (Phi) is 3.23. The van der Waals surface area contributed by atoms with Crippen LogP contribution in [0, 0.1) is 0 Å². The molecule has 16 heavy (non-hydrogen) atoms. The summed E-state index contributed by atoms with van der Waals surface area (Å²) in [6, 6.07) is 9.88. The highest BCUT2D eigenvalue weighted by atomic mass is 15.2. The number of nitrogens with one attached hydrogen (secondary N) is 1. The first-order valence-corrected chi connectivity index (χ1v) is 5.00. The van der Waals surface area contributed by atoms with E-state index >= 15 is 0 Å². The highest BCUT2D eigenvalue weighted by Gasteiger charge is 2.01. The van der Waals surface area contributed by atoms with E-state index in [9.17, 15) is 0 Å². The SMILES string of the molecule is C=CCNc1nncc(-c2ccccc2)n1. The molecular weight excluding hydrogens is 200 g/mol. The third kappa shape index (κ3) is 2.42. The molecule has 0 radical (unpaired) electrons. The molecule has 0 aliphatic heterocycles. The van der Waals surface area contributed by atoms with Crippen LogP contribution in [0.25, 0.3) is 11.3 Å². The Hall–Kier alpha value is -2.23. The standard InChI is InChI=1S/C12H12N4/c1-2-8-13-12-15-11(9-14-16-12)10-6-4-3-5-7-10/h2-7,9H,1,8H2,(H,13,15,16). The molecule has 0 bridgehead atoms. The molecule has 2 aromatic rings. The van der Waals surface area contributed by atoms with E-state index in [1.54, 1.807) is 12.3 Å². The zero-order valence-electron chi connectivity index (χ0n) is 8.80. The predicted octanol–water partition coefficient (Wildman–Crippen LogP) is 2.14. The highest BCUT2D eigenvalue weighted by Crippen LogP contribution is 2.15. The van der Waals surface area contributed by atoms with Crippen molar-refractivity contribution in [2.75, 3.05) is 11.9 Å². The number of aromatic nitrogens is 3. The molecule has 0 saturated carbocycles. The van der Waals surface area contributed by atoms with Gasteiger partial charge in [0.25, 0.3) is 0 Å². The third-order valence-corrected chi connectivity index (χ3v) is 2.03. The molecule has 0 saturated heterocycles. The number of hydrogen-bond donors (Lipinski definition) is 1. The van der Waals surface area contributed by atoms with E-state index in [1.807, 2.05) is 30.3 Å². The number of anilines is 1. The van der Waals surface area contributed by atoms with Gasteiger partial charge in [-0.1, -0.05) is 36.4 Å². The Labute approximate surface area is 94.1 Å². The molecular formula is C12H12N4. The minimum atomic E-state index is 0.515. The van der Waals surface area contributed by atoms with E-state index in [4.69, 9.17) is 0 Å². The number of hydrogen-bond acceptors (Lipinski definition) is 4. The van der Waals surface area contributed by atoms with Gasteiger partial charge in [-0.05, 0) is 0 Å². The molecule has 0 aliphatic rings. The molecule has 0 atom stereocenters. The van der Waals surface area contributed by atoms with Crippen molar-refractivity contribution in [3.8, 4) is 11.3 Å². The van der Waals surface area contributed by atoms with Gasteiger partial charge >= 0.3 is 0 Å². The van der Waals surface area contributed by atoms with Crippen molar-refractivity contribution < 1.29 is 0 Å². The van der Waals surface area contributed by atoms with Gasteiger partial charge < -0.3 is 5.32 Å². The van der Waals surface area contributed by atoms with Crippen molar-refractivity contribution in [1.82, 2.24) is 15.2 Å². The van der Waals surface area contributed by atoms with E-state index in [1.165, 1.54) is 0 Å². The van der Waals surface area contributed by atoms with Gasteiger partial charge in [0, 0.05) is 12.1 Å². The topological polar surface area (TPSA) is 50.7 Å². The third-order valence-electron chi connectivity index (χ3n) is 2.03. The fraction of sp³-hybridized carbons (Fsp3) is 0.0833. The van der Waals surface area contributed by atoms with Crippen LogP contribution < -0.4 is 5.32 Å². The summed E-state index contributed by atoms with van der Waals surface area (Å²) < 4.78 is 0. The molecule has 1 aromatic carbocycles. The van der Waals surface area contributed by atoms with E-state index in [-0.39, 0.29) is 0 Å². The first-order chi connectivity index (χ1) is 7.90. The average molecular weight is 212 g/mol. The second-order valence-corrected chi connectivity index (χ2v) is 3.20.